The Hall–Kier alpha value is -2.31. The summed E-state index contributed by atoms with van der Waals surface area (Å²) >= 11 is 0. The van der Waals surface area contributed by atoms with Gasteiger partial charge in [-0.05, 0) is 36.2 Å². The SMILES string of the molecule is Cc1cc(O)c(F)cc1NC1CC(c2ccc(O)cc2)NN1. The molecule has 1 saturated heterocycles. The molecule has 22 heavy (non-hydrogen) atoms. The third-order valence-electron chi connectivity index (χ3n) is 3.82. The first-order valence-corrected chi connectivity index (χ1v) is 7.08. The maximum absolute atomic E-state index is 13.5. The minimum Gasteiger partial charge on any atom is -0.508 e. The van der Waals surface area contributed by atoms with Crippen LogP contribution < -0.4 is 16.2 Å². The number of hydrazine groups is 1. The van der Waals surface area contributed by atoms with Crippen LogP contribution >= 0.6 is 0 Å². The van der Waals surface area contributed by atoms with Crippen molar-refractivity contribution in [2.75, 3.05) is 5.32 Å². The lowest BCUT2D eigenvalue weighted by Gasteiger charge is -2.16. The molecule has 1 fully saturated rings. The second kappa shape index (κ2) is 5.82. The van der Waals surface area contributed by atoms with E-state index in [1.54, 1.807) is 19.1 Å². The minimum absolute atomic E-state index is 0.0681. The molecular weight excluding hydrogens is 285 g/mol. The summed E-state index contributed by atoms with van der Waals surface area (Å²) in [6.45, 7) is 1.81. The van der Waals surface area contributed by atoms with Crippen molar-refractivity contribution in [1.29, 1.82) is 0 Å². The molecule has 6 heteroatoms. The molecule has 0 bridgehead atoms. The van der Waals surface area contributed by atoms with Crippen LogP contribution in [0, 0.1) is 12.7 Å². The number of aromatic hydroxyl groups is 2. The second-order valence-electron chi connectivity index (χ2n) is 5.48. The van der Waals surface area contributed by atoms with Gasteiger partial charge in [-0.25, -0.2) is 15.2 Å². The van der Waals surface area contributed by atoms with Crippen LogP contribution in [0.2, 0.25) is 0 Å². The first kappa shape index (κ1) is 14.6. The van der Waals surface area contributed by atoms with E-state index in [2.05, 4.69) is 16.2 Å². The van der Waals surface area contributed by atoms with E-state index in [1.807, 2.05) is 12.1 Å². The van der Waals surface area contributed by atoms with Gasteiger partial charge >= 0.3 is 0 Å². The zero-order valence-electron chi connectivity index (χ0n) is 12.1. The van der Waals surface area contributed by atoms with Crippen molar-refractivity contribution in [3.05, 3.63) is 53.3 Å². The molecule has 0 radical (unpaired) electrons. The number of benzene rings is 2. The van der Waals surface area contributed by atoms with Crippen molar-refractivity contribution in [2.45, 2.75) is 25.6 Å². The molecular formula is C16H18FN3O2. The summed E-state index contributed by atoms with van der Waals surface area (Å²) in [6, 6.07) is 9.82. The summed E-state index contributed by atoms with van der Waals surface area (Å²) in [5.74, 6) is -0.753. The van der Waals surface area contributed by atoms with Gasteiger partial charge in [0.25, 0.3) is 0 Å². The van der Waals surface area contributed by atoms with E-state index in [-0.39, 0.29) is 23.7 Å². The predicted molar refractivity (Wildman–Crippen MR) is 81.9 cm³/mol. The van der Waals surface area contributed by atoms with Gasteiger partial charge in [-0.15, -0.1) is 0 Å². The van der Waals surface area contributed by atoms with Crippen LogP contribution in [-0.2, 0) is 0 Å². The van der Waals surface area contributed by atoms with Gasteiger partial charge in [-0.2, -0.15) is 0 Å². The maximum atomic E-state index is 13.5. The third-order valence-corrected chi connectivity index (χ3v) is 3.82. The predicted octanol–water partition coefficient (Wildman–Crippen LogP) is 2.52. The van der Waals surface area contributed by atoms with Gasteiger partial charge < -0.3 is 15.5 Å². The quantitative estimate of drug-likeness (QED) is 0.563. The Morgan fingerprint density at radius 1 is 1.14 bits per heavy atom. The molecule has 3 rings (SSSR count). The van der Waals surface area contributed by atoms with Gasteiger partial charge in [0.05, 0.1) is 6.17 Å². The van der Waals surface area contributed by atoms with Crippen LogP contribution in [0.25, 0.3) is 0 Å². The zero-order valence-corrected chi connectivity index (χ0v) is 12.1. The molecule has 1 aliphatic heterocycles. The summed E-state index contributed by atoms with van der Waals surface area (Å²) in [4.78, 5) is 0. The highest BCUT2D eigenvalue weighted by Crippen LogP contribution is 2.28. The number of aryl methyl sites for hydroxylation is 1. The molecule has 0 spiro atoms. The van der Waals surface area contributed by atoms with Gasteiger partial charge in [0, 0.05) is 24.2 Å². The summed E-state index contributed by atoms with van der Waals surface area (Å²) in [5, 5.41) is 21.9. The van der Waals surface area contributed by atoms with Crippen LogP contribution in [0.5, 0.6) is 11.5 Å². The number of nitrogens with one attached hydrogen (secondary N) is 3. The van der Waals surface area contributed by atoms with Crippen molar-refractivity contribution >= 4 is 5.69 Å². The Labute approximate surface area is 127 Å². The Kier molecular flexibility index (Phi) is 3.87. The van der Waals surface area contributed by atoms with Gasteiger partial charge in [-0.3, -0.25) is 0 Å². The number of rotatable bonds is 3. The molecule has 1 aliphatic rings. The fraction of sp³-hybridized carbons (Fsp3) is 0.250. The highest BCUT2D eigenvalue weighted by Gasteiger charge is 2.25. The Morgan fingerprint density at radius 3 is 2.59 bits per heavy atom. The Bertz CT molecular complexity index is 676. The monoisotopic (exact) mass is 303 g/mol. The summed E-state index contributed by atoms with van der Waals surface area (Å²) in [7, 11) is 0. The van der Waals surface area contributed by atoms with E-state index in [1.165, 1.54) is 12.1 Å². The topological polar surface area (TPSA) is 76.5 Å². The molecule has 0 aliphatic carbocycles. The van der Waals surface area contributed by atoms with Gasteiger partial charge in [0.15, 0.2) is 11.6 Å². The Balaban J connectivity index is 1.68. The first-order valence-electron chi connectivity index (χ1n) is 7.08. The standard InChI is InChI=1S/C16H18FN3O2/c1-9-6-15(22)12(17)7-13(9)18-16-8-14(19-20-16)10-2-4-11(21)5-3-10/h2-7,14,16,18-22H,8H2,1H3. The van der Waals surface area contributed by atoms with Crippen LogP contribution in [0.1, 0.15) is 23.6 Å². The average Bonchev–Trinajstić information content (AvgIpc) is 2.94. The van der Waals surface area contributed by atoms with Crippen molar-refractivity contribution in [3.8, 4) is 11.5 Å². The lowest BCUT2D eigenvalue weighted by atomic mass is 10.0. The average molecular weight is 303 g/mol. The molecule has 0 aromatic heterocycles. The maximum Gasteiger partial charge on any atom is 0.166 e. The molecule has 2 aromatic carbocycles. The normalized spacial score (nSPS) is 21.0. The summed E-state index contributed by atoms with van der Waals surface area (Å²) in [6.07, 6.45) is 0.689. The lowest BCUT2D eigenvalue weighted by Crippen LogP contribution is -2.36. The van der Waals surface area contributed by atoms with Crippen LogP contribution in [0.3, 0.4) is 0 Å². The number of hydrogen-bond donors (Lipinski definition) is 5. The highest BCUT2D eigenvalue weighted by atomic mass is 19.1. The van der Waals surface area contributed by atoms with E-state index in [9.17, 15) is 14.6 Å². The summed E-state index contributed by atoms with van der Waals surface area (Å²) < 4.78 is 13.5. The fourth-order valence-corrected chi connectivity index (χ4v) is 2.59. The zero-order chi connectivity index (χ0) is 15.7. The molecule has 116 valence electrons. The highest BCUT2D eigenvalue weighted by molar-refractivity contribution is 5.54. The molecule has 0 amide bonds. The molecule has 2 atom stereocenters. The molecule has 0 saturated carbocycles. The van der Waals surface area contributed by atoms with Crippen molar-refractivity contribution < 1.29 is 14.6 Å². The fourth-order valence-electron chi connectivity index (χ4n) is 2.59. The minimum atomic E-state index is -0.644. The van der Waals surface area contributed by atoms with Gasteiger partial charge in [0.1, 0.15) is 5.75 Å². The van der Waals surface area contributed by atoms with E-state index in [4.69, 9.17) is 0 Å². The number of halogens is 1. The van der Waals surface area contributed by atoms with Gasteiger partial charge in [0.2, 0.25) is 0 Å². The smallest absolute Gasteiger partial charge is 0.166 e. The van der Waals surface area contributed by atoms with E-state index >= 15 is 0 Å². The van der Waals surface area contributed by atoms with Gasteiger partial charge in [-0.1, -0.05) is 12.1 Å². The van der Waals surface area contributed by atoms with E-state index in [0.29, 0.717) is 5.69 Å². The van der Waals surface area contributed by atoms with Crippen LogP contribution in [0.4, 0.5) is 10.1 Å². The first-order chi connectivity index (χ1) is 10.5. The third kappa shape index (κ3) is 2.98. The molecule has 5 nitrogen and oxygen atoms in total. The number of anilines is 1. The van der Waals surface area contributed by atoms with Crippen molar-refractivity contribution in [1.82, 2.24) is 10.9 Å². The number of hydrogen-bond acceptors (Lipinski definition) is 5. The molecule has 2 aromatic rings. The number of phenols is 2. The van der Waals surface area contributed by atoms with Crippen LogP contribution in [-0.4, -0.2) is 16.4 Å². The molecule has 2 unspecified atom stereocenters. The summed E-state index contributed by atoms with van der Waals surface area (Å²) in [5.41, 5.74) is 8.76. The molecule has 5 N–H and O–H groups in total. The number of phenolic OH excluding ortho intramolecular Hbond substituents is 2. The Morgan fingerprint density at radius 2 is 1.86 bits per heavy atom. The second-order valence-corrected chi connectivity index (χ2v) is 5.48. The lowest BCUT2D eigenvalue weighted by molar-refractivity contribution is 0.432. The largest absolute Gasteiger partial charge is 0.508 e. The molecule has 1 heterocycles. The van der Waals surface area contributed by atoms with Crippen LogP contribution in [0.15, 0.2) is 36.4 Å². The van der Waals surface area contributed by atoms with Crippen molar-refractivity contribution in [3.63, 3.8) is 0 Å². The van der Waals surface area contributed by atoms with Crippen molar-refractivity contribution in [2.24, 2.45) is 0 Å². The van der Waals surface area contributed by atoms with E-state index in [0.717, 1.165) is 17.5 Å². The van der Waals surface area contributed by atoms with E-state index < -0.39 is 5.82 Å².